The molecule has 4 atom stereocenters. The van der Waals surface area contributed by atoms with Crippen LogP contribution in [0.3, 0.4) is 0 Å². The van der Waals surface area contributed by atoms with Crippen molar-refractivity contribution >= 4 is 11.8 Å². The summed E-state index contributed by atoms with van der Waals surface area (Å²) in [6, 6.07) is 0. The quantitative estimate of drug-likeness (QED) is 0.327. The van der Waals surface area contributed by atoms with Crippen LogP contribution < -0.4 is 0 Å². The third-order valence-corrected chi connectivity index (χ3v) is 5.00. The summed E-state index contributed by atoms with van der Waals surface area (Å²) < 4.78 is 4.55. The van der Waals surface area contributed by atoms with E-state index in [0.717, 1.165) is 19.3 Å². The van der Waals surface area contributed by atoms with E-state index in [1.54, 1.807) is 18.2 Å². The average Bonchev–Trinajstić information content (AvgIpc) is 2.89. The maximum absolute atomic E-state index is 12.2. The number of esters is 1. The van der Waals surface area contributed by atoms with Gasteiger partial charge in [-0.2, -0.15) is 0 Å². The van der Waals surface area contributed by atoms with Gasteiger partial charge in [0.05, 0.1) is 25.2 Å². The highest BCUT2D eigenvalue weighted by atomic mass is 16.5. The molecule has 5 nitrogen and oxygen atoms in total. The van der Waals surface area contributed by atoms with Crippen LogP contribution in [-0.2, 0) is 14.3 Å². The zero-order valence-electron chi connectivity index (χ0n) is 16.8. The number of Topliss-reactive ketones (excluding diaryl/α,β-unsaturated/α-hetero) is 1. The normalized spacial score (nSPS) is 25.7. The maximum atomic E-state index is 12.2. The number of ketones is 1. The Kier molecular flexibility index (Phi) is 10.3. The van der Waals surface area contributed by atoms with Crippen molar-refractivity contribution in [3.8, 4) is 0 Å². The van der Waals surface area contributed by atoms with Gasteiger partial charge in [0.1, 0.15) is 5.78 Å². The fourth-order valence-electron chi connectivity index (χ4n) is 3.30. The topological polar surface area (TPSA) is 83.8 Å². The number of rotatable bonds is 11. The monoisotopic (exact) mass is 378 g/mol. The zero-order chi connectivity index (χ0) is 20.3. The number of aliphatic hydroxyl groups excluding tert-OH is 1. The predicted octanol–water partition coefficient (Wildman–Crippen LogP) is 3.51. The van der Waals surface area contributed by atoms with E-state index in [0.29, 0.717) is 12.8 Å². The first-order valence-corrected chi connectivity index (χ1v) is 9.79. The molecule has 0 aromatic carbocycles. The first kappa shape index (κ1) is 23.3. The summed E-state index contributed by atoms with van der Waals surface area (Å²) in [7, 11) is 1.35. The lowest BCUT2D eigenvalue weighted by Crippen LogP contribution is -2.23. The third-order valence-electron chi connectivity index (χ3n) is 5.00. The van der Waals surface area contributed by atoms with Crippen molar-refractivity contribution in [2.45, 2.75) is 70.5 Å². The van der Waals surface area contributed by atoms with Gasteiger partial charge in [-0.15, -0.1) is 0 Å². The van der Waals surface area contributed by atoms with Crippen LogP contribution in [-0.4, -0.2) is 40.8 Å². The standard InChI is InChI=1S/C22H34O5/c1-4-5-14-22(2,26)15-10-12-18-17(19(23)16-20(18)24)11-8-6-7-9-13-21(25)27-3/h6-10,12,17-18,20,24,26H,4-5,11,13-16H2,1-3H3/b8-6-,9-7+,12-10+/t17-,18-,20-,22-/m1/s1. The van der Waals surface area contributed by atoms with E-state index in [1.807, 2.05) is 25.2 Å². The Morgan fingerprint density at radius 2 is 2.00 bits per heavy atom. The Balaban J connectivity index is 2.58. The van der Waals surface area contributed by atoms with Crippen molar-refractivity contribution in [2.75, 3.05) is 7.11 Å². The minimum absolute atomic E-state index is 0.0677. The van der Waals surface area contributed by atoms with Crippen molar-refractivity contribution < 1.29 is 24.5 Å². The highest BCUT2D eigenvalue weighted by Gasteiger charge is 2.39. The number of unbranched alkanes of at least 4 members (excludes halogenated alkanes) is 1. The Morgan fingerprint density at radius 3 is 2.67 bits per heavy atom. The lowest BCUT2D eigenvalue weighted by atomic mass is 9.89. The smallest absolute Gasteiger partial charge is 0.309 e. The number of carbonyl (C=O) groups is 2. The molecule has 152 valence electrons. The SMILES string of the molecule is CCCC[C@@](C)(O)C/C=C/[C@H]1[C@H](O)CC(=O)[C@@H]1C/C=C\C=C\CC(=O)OC. The van der Waals surface area contributed by atoms with Gasteiger partial charge in [-0.25, -0.2) is 0 Å². The van der Waals surface area contributed by atoms with Gasteiger partial charge in [0.25, 0.3) is 0 Å². The molecule has 0 aromatic rings. The molecule has 1 aliphatic carbocycles. The van der Waals surface area contributed by atoms with Gasteiger partial charge in [-0.3, -0.25) is 9.59 Å². The summed E-state index contributed by atoms with van der Waals surface area (Å²) >= 11 is 0. The Hall–Kier alpha value is -1.72. The second kappa shape index (κ2) is 11.9. The number of methoxy groups -OCH3 is 1. The molecular formula is C22H34O5. The van der Waals surface area contributed by atoms with E-state index in [9.17, 15) is 19.8 Å². The van der Waals surface area contributed by atoms with E-state index in [-0.39, 0.29) is 36.4 Å². The Bertz CT molecular complexity index is 559. The Morgan fingerprint density at radius 1 is 1.30 bits per heavy atom. The van der Waals surface area contributed by atoms with Crippen LogP contribution in [0.2, 0.25) is 0 Å². The number of aliphatic hydroxyl groups is 2. The fraction of sp³-hybridized carbons (Fsp3) is 0.636. The van der Waals surface area contributed by atoms with Gasteiger partial charge in [0.15, 0.2) is 0 Å². The van der Waals surface area contributed by atoms with Gasteiger partial charge in [-0.1, -0.05) is 56.2 Å². The molecule has 0 unspecified atom stereocenters. The van der Waals surface area contributed by atoms with Crippen LogP contribution in [0.1, 0.15) is 58.8 Å². The first-order valence-electron chi connectivity index (χ1n) is 9.79. The molecule has 0 radical (unpaired) electrons. The van der Waals surface area contributed by atoms with Crippen LogP contribution in [0.4, 0.5) is 0 Å². The van der Waals surface area contributed by atoms with Crippen LogP contribution in [0.5, 0.6) is 0 Å². The summed E-state index contributed by atoms with van der Waals surface area (Å²) in [5.74, 6) is -0.697. The molecule has 0 heterocycles. The molecule has 0 amide bonds. The second-order valence-corrected chi connectivity index (χ2v) is 7.53. The van der Waals surface area contributed by atoms with Crippen molar-refractivity contribution in [2.24, 2.45) is 11.8 Å². The molecule has 0 aliphatic heterocycles. The van der Waals surface area contributed by atoms with Gasteiger partial charge >= 0.3 is 5.97 Å². The number of ether oxygens (including phenoxy) is 1. The molecule has 2 N–H and O–H groups in total. The summed E-state index contributed by atoms with van der Waals surface area (Å²) in [6.07, 6.45) is 14.5. The molecule has 1 saturated carbocycles. The number of hydrogen-bond acceptors (Lipinski definition) is 5. The summed E-state index contributed by atoms with van der Waals surface area (Å²) in [5, 5.41) is 20.6. The molecule has 5 heteroatoms. The largest absolute Gasteiger partial charge is 0.469 e. The van der Waals surface area contributed by atoms with Crippen LogP contribution in [0, 0.1) is 11.8 Å². The van der Waals surface area contributed by atoms with Crippen molar-refractivity contribution in [3.63, 3.8) is 0 Å². The molecule has 0 saturated heterocycles. The third kappa shape index (κ3) is 8.67. The Labute approximate surface area is 162 Å². The number of allylic oxidation sites excluding steroid dienone is 3. The minimum atomic E-state index is -0.750. The number of hydrogen-bond donors (Lipinski definition) is 2. The lowest BCUT2D eigenvalue weighted by Gasteiger charge is -2.22. The first-order chi connectivity index (χ1) is 12.8. The molecule has 1 fully saturated rings. The molecule has 0 spiro atoms. The van der Waals surface area contributed by atoms with E-state index in [1.165, 1.54) is 7.11 Å². The summed E-state index contributed by atoms with van der Waals surface area (Å²) in [6.45, 7) is 3.92. The van der Waals surface area contributed by atoms with Crippen molar-refractivity contribution in [1.82, 2.24) is 0 Å². The highest BCUT2D eigenvalue weighted by molar-refractivity contribution is 5.84. The maximum Gasteiger partial charge on any atom is 0.309 e. The average molecular weight is 379 g/mol. The number of carbonyl (C=O) groups excluding carboxylic acids is 2. The van der Waals surface area contributed by atoms with E-state index >= 15 is 0 Å². The van der Waals surface area contributed by atoms with Gasteiger partial charge in [-0.05, 0) is 26.2 Å². The highest BCUT2D eigenvalue weighted by Crippen LogP contribution is 2.33. The lowest BCUT2D eigenvalue weighted by molar-refractivity contribution is -0.139. The van der Waals surface area contributed by atoms with E-state index in [4.69, 9.17) is 0 Å². The fourth-order valence-corrected chi connectivity index (χ4v) is 3.30. The molecular weight excluding hydrogens is 344 g/mol. The van der Waals surface area contributed by atoms with Crippen LogP contribution in [0.25, 0.3) is 0 Å². The molecule has 0 aromatic heterocycles. The van der Waals surface area contributed by atoms with Crippen LogP contribution >= 0.6 is 0 Å². The van der Waals surface area contributed by atoms with E-state index < -0.39 is 11.7 Å². The summed E-state index contributed by atoms with van der Waals surface area (Å²) in [5.41, 5.74) is -0.750. The van der Waals surface area contributed by atoms with Crippen molar-refractivity contribution in [1.29, 1.82) is 0 Å². The predicted molar refractivity (Wildman–Crippen MR) is 106 cm³/mol. The zero-order valence-corrected chi connectivity index (χ0v) is 16.8. The van der Waals surface area contributed by atoms with Gasteiger partial charge < -0.3 is 14.9 Å². The molecule has 27 heavy (non-hydrogen) atoms. The van der Waals surface area contributed by atoms with Gasteiger partial charge in [0.2, 0.25) is 0 Å². The molecule has 0 bridgehead atoms. The minimum Gasteiger partial charge on any atom is -0.469 e. The molecule has 1 aliphatic rings. The second-order valence-electron chi connectivity index (χ2n) is 7.53. The van der Waals surface area contributed by atoms with E-state index in [2.05, 4.69) is 11.7 Å². The molecule has 1 rings (SSSR count). The summed E-state index contributed by atoms with van der Waals surface area (Å²) in [4.78, 5) is 23.2. The van der Waals surface area contributed by atoms with Gasteiger partial charge in [0, 0.05) is 18.3 Å². The van der Waals surface area contributed by atoms with Crippen molar-refractivity contribution in [3.05, 3.63) is 36.5 Å². The van der Waals surface area contributed by atoms with Crippen LogP contribution in [0.15, 0.2) is 36.5 Å².